The molecule has 9 heteroatoms. The summed E-state index contributed by atoms with van der Waals surface area (Å²) in [6.45, 7) is 1.45. The van der Waals surface area contributed by atoms with Crippen molar-refractivity contribution in [3.63, 3.8) is 0 Å². The van der Waals surface area contributed by atoms with Gasteiger partial charge in [-0.3, -0.25) is 9.36 Å². The SMILES string of the molecule is COc1ccc(Cl)cc1N=Nc1c(C)c(C#N)c(O)n(Cc2ccco2)c1=O. The highest BCUT2D eigenvalue weighted by Gasteiger charge is 2.20. The number of ether oxygens (including phenoxy) is 1. The van der Waals surface area contributed by atoms with E-state index < -0.39 is 11.4 Å². The number of halogens is 1. The first-order chi connectivity index (χ1) is 13.5. The molecule has 0 spiro atoms. The Balaban J connectivity index is 2.14. The number of furan rings is 1. The number of nitrogens with zero attached hydrogens (tertiary/aromatic N) is 4. The molecule has 3 aromatic rings. The molecule has 0 saturated heterocycles. The van der Waals surface area contributed by atoms with Crippen molar-refractivity contribution < 1.29 is 14.3 Å². The molecular formula is C19H15ClN4O4. The Labute approximate surface area is 164 Å². The second-order valence-electron chi connectivity index (χ2n) is 5.77. The second-order valence-corrected chi connectivity index (χ2v) is 6.21. The van der Waals surface area contributed by atoms with Crippen LogP contribution in [-0.2, 0) is 6.54 Å². The van der Waals surface area contributed by atoms with Crippen LogP contribution in [0.15, 0.2) is 56.0 Å². The molecule has 0 atom stereocenters. The lowest BCUT2D eigenvalue weighted by atomic mass is 10.1. The van der Waals surface area contributed by atoms with Gasteiger partial charge in [-0.25, -0.2) is 0 Å². The van der Waals surface area contributed by atoms with Crippen LogP contribution in [-0.4, -0.2) is 16.8 Å². The van der Waals surface area contributed by atoms with E-state index in [4.69, 9.17) is 20.8 Å². The van der Waals surface area contributed by atoms with Crippen LogP contribution in [0.2, 0.25) is 5.02 Å². The molecular weight excluding hydrogens is 384 g/mol. The summed E-state index contributed by atoms with van der Waals surface area (Å²) in [5.74, 6) is 0.395. The van der Waals surface area contributed by atoms with Crippen molar-refractivity contribution in [1.82, 2.24) is 4.57 Å². The van der Waals surface area contributed by atoms with Crippen LogP contribution in [0, 0.1) is 18.3 Å². The molecule has 0 radical (unpaired) electrons. The van der Waals surface area contributed by atoms with E-state index in [-0.39, 0.29) is 23.4 Å². The lowest BCUT2D eigenvalue weighted by Gasteiger charge is -2.12. The van der Waals surface area contributed by atoms with Crippen molar-refractivity contribution in [3.05, 3.63) is 68.9 Å². The highest BCUT2D eigenvalue weighted by Crippen LogP contribution is 2.33. The van der Waals surface area contributed by atoms with Crippen LogP contribution >= 0.6 is 11.6 Å². The van der Waals surface area contributed by atoms with E-state index in [0.717, 1.165) is 4.57 Å². The Morgan fingerprint density at radius 2 is 2.14 bits per heavy atom. The normalized spacial score (nSPS) is 10.9. The molecule has 0 amide bonds. The highest BCUT2D eigenvalue weighted by atomic mass is 35.5. The molecule has 0 saturated carbocycles. The van der Waals surface area contributed by atoms with Crippen molar-refractivity contribution in [2.75, 3.05) is 7.11 Å². The number of hydrogen-bond donors (Lipinski definition) is 1. The number of aromatic nitrogens is 1. The molecule has 0 aliphatic carbocycles. The van der Waals surface area contributed by atoms with Crippen molar-refractivity contribution in [1.29, 1.82) is 5.26 Å². The van der Waals surface area contributed by atoms with Gasteiger partial charge < -0.3 is 14.3 Å². The summed E-state index contributed by atoms with van der Waals surface area (Å²) in [6.07, 6.45) is 1.45. The summed E-state index contributed by atoms with van der Waals surface area (Å²) in [5.41, 5.74) is -0.236. The Morgan fingerprint density at radius 1 is 1.36 bits per heavy atom. The number of nitriles is 1. The van der Waals surface area contributed by atoms with Crippen molar-refractivity contribution in [2.45, 2.75) is 13.5 Å². The molecule has 0 bridgehead atoms. The van der Waals surface area contributed by atoms with E-state index >= 15 is 0 Å². The van der Waals surface area contributed by atoms with E-state index in [1.807, 2.05) is 6.07 Å². The van der Waals surface area contributed by atoms with E-state index in [1.54, 1.807) is 24.3 Å². The third kappa shape index (κ3) is 3.61. The minimum atomic E-state index is -0.616. The number of methoxy groups -OCH3 is 1. The van der Waals surface area contributed by atoms with Gasteiger partial charge in [0.05, 0.1) is 19.9 Å². The van der Waals surface area contributed by atoms with Crippen molar-refractivity contribution >= 4 is 23.0 Å². The molecule has 3 rings (SSSR count). The molecule has 1 aromatic carbocycles. The van der Waals surface area contributed by atoms with E-state index in [9.17, 15) is 15.2 Å². The maximum Gasteiger partial charge on any atom is 0.281 e. The topological polar surface area (TPSA) is 113 Å². The zero-order chi connectivity index (χ0) is 20.3. The fraction of sp³-hybridized carbons (Fsp3) is 0.158. The van der Waals surface area contributed by atoms with Gasteiger partial charge in [0, 0.05) is 10.6 Å². The zero-order valence-corrected chi connectivity index (χ0v) is 15.8. The summed E-state index contributed by atoms with van der Waals surface area (Å²) in [5, 5.41) is 28.3. The number of aromatic hydroxyl groups is 1. The third-order valence-corrected chi connectivity index (χ3v) is 4.30. The van der Waals surface area contributed by atoms with Crippen LogP contribution in [0.4, 0.5) is 11.4 Å². The van der Waals surface area contributed by atoms with Gasteiger partial charge in [0.2, 0.25) is 5.88 Å². The molecule has 2 heterocycles. The van der Waals surface area contributed by atoms with Gasteiger partial charge in [0.1, 0.15) is 28.8 Å². The van der Waals surface area contributed by atoms with Crippen LogP contribution in [0.5, 0.6) is 11.6 Å². The Kier molecular flexibility index (Phi) is 5.47. The number of benzene rings is 1. The van der Waals surface area contributed by atoms with E-state index in [1.165, 1.54) is 26.4 Å². The summed E-state index contributed by atoms with van der Waals surface area (Å²) in [4.78, 5) is 12.9. The Bertz CT molecular complexity index is 1140. The number of hydrogen-bond acceptors (Lipinski definition) is 7. The fourth-order valence-corrected chi connectivity index (χ4v) is 2.77. The average molecular weight is 399 g/mol. The van der Waals surface area contributed by atoms with Crippen molar-refractivity contribution in [3.8, 4) is 17.7 Å². The fourth-order valence-electron chi connectivity index (χ4n) is 2.61. The monoisotopic (exact) mass is 398 g/mol. The summed E-state index contributed by atoms with van der Waals surface area (Å²) < 4.78 is 11.4. The largest absolute Gasteiger partial charge is 0.494 e. The minimum absolute atomic E-state index is 0.0599. The first-order valence-electron chi connectivity index (χ1n) is 8.10. The summed E-state index contributed by atoms with van der Waals surface area (Å²) >= 11 is 5.98. The minimum Gasteiger partial charge on any atom is -0.494 e. The van der Waals surface area contributed by atoms with Gasteiger partial charge in [0.15, 0.2) is 5.69 Å². The summed E-state index contributed by atoms with van der Waals surface area (Å²) in [6, 6.07) is 9.99. The average Bonchev–Trinajstić information content (AvgIpc) is 3.19. The molecule has 0 fully saturated rings. The molecule has 142 valence electrons. The van der Waals surface area contributed by atoms with Gasteiger partial charge in [-0.05, 0) is 37.3 Å². The zero-order valence-electron chi connectivity index (χ0n) is 15.0. The molecule has 0 aliphatic heterocycles. The van der Waals surface area contributed by atoms with Gasteiger partial charge in [0.25, 0.3) is 5.56 Å². The Hall–Kier alpha value is -3.57. The van der Waals surface area contributed by atoms with E-state index in [2.05, 4.69) is 10.2 Å². The lowest BCUT2D eigenvalue weighted by Crippen LogP contribution is -2.22. The third-order valence-electron chi connectivity index (χ3n) is 4.06. The maximum atomic E-state index is 12.9. The predicted molar refractivity (Wildman–Crippen MR) is 102 cm³/mol. The van der Waals surface area contributed by atoms with Gasteiger partial charge in [-0.2, -0.15) is 5.26 Å². The van der Waals surface area contributed by atoms with Crippen LogP contribution < -0.4 is 10.3 Å². The Morgan fingerprint density at radius 3 is 2.79 bits per heavy atom. The molecule has 28 heavy (non-hydrogen) atoms. The standard InChI is InChI=1S/C19H15ClN4O4/c1-11-14(9-21)18(25)24(10-13-4-3-7-28-13)19(26)17(11)23-22-15-8-12(20)5-6-16(15)27-2/h3-8,25H,10H2,1-2H3. The first kappa shape index (κ1) is 19.2. The van der Waals surface area contributed by atoms with Crippen LogP contribution in [0.25, 0.3) is 0 Å². The summed E-state index contributed by atoms with van der Waals surface area (Å²) in [7, 11) is 1.47. The number of pyridine rings is 1. The lowest BCUT2D eigenvalue weighted by molar-refractivity contribution is 0.397. The van der Waals surface area contributed by atoms with Crippen LogP contribution in [0.1, 0.15) is 16.9 Å². The molecule has 0 unspecified atom stereocenters. The first-order valence-corrected chi connectivity index (χ1v) is 8.48. The molecule has 8 nitrogen and oxygen atoms in total. The molecule has 1 N–H and O–H groups in total. The van der Waals surface area contributed by atoms with Crippen LogP contribution in [0.3, 0.4) is 0 Å². The predicted octanol–water partition coefficient (Wildman–Crippen LogP) is 4.45. The van der Waals surface area contributed by atoms with Gasteiger partial charge in [-0.15, -0.1) is 10.2 Å². The molecule has 0 aliphatic rings. The maximum absolute atomic E-state index is 12.9. The smallest absolute Gasteiger partial charge is 0.281 e. The number of rotatable bonds is 5. The highest BCUT2D eigenvalue weighted by molar-refractivity contribution is 6.30. The second kappa shape index (κ2) is 7.98. The van der Waals surface area contributed by atoms with Crippen molar-refractivity contribution in [2.24, 2.45) is 10.2 Å². The quantitative estimate of drug-likeness (QED) is 0.637. The van der Waals surface area contributed by atoms with Gasteiger partial charge >= 0.3 is 0 Å². The van der Waals surface area contributed by atoms with E-state index in [0.29, 0.717) is 22.2 Å². The molecule has 2 aromatic heterocycles. The number of azo groups is 1. The van der Waals surface area contributed by atoms with Gasteiger partial charge in [-0.1, -0.05) is 11.6 Å².